The molecule has 1 aromatic rings. The molecule has 5 heteroatoms. The van der Waals surface area contributed by atoms with E-state index in [1.54, 1.807) is 0 Å². The molecule has 1 aromatic carbocycles. The standard InChI is InChI=1S/C22H29Cl2NO2/c1-15-7-10-22(11-8-15,16-5-6-18(23)19(24)13-16)17-9-12-25(14-17)20(26)27-21(2,3)4/h5-7,13,17H,8-12,14H2,1-4H3. The molecule has 2 atom stereocenters. The van der Waals surface area contributed by atoms with Gasteiger partial charge in [-0.05, 0) is 77.0 Å². The Morgan fingerprint density at radius 1 is 1.26 bits per heavy atom. The maximum atomic E-state index is 12.5. The van der Waals surface area contributed by atoms with Gasteiger partial charge in [0.25, 0.3) is 0 Å². The summed E-state index contributed by atoms with van der Waals surface area (Å²) in [5, 5.41) is 1.18. The number of carbonyl (C=O) groups is 1. The van der Waals surface area contributed by atoms with E-state index in [0.717, 1.165) is 38.8 Å². The molecule has 2 aliphatic rings. The Hall–Kier alpha value is -1.19. The van der Waals surface area contributed by atoms with Crippen LogP contribution < -0.4 is 0 Å². The molecule has 0 radical (unpaired) electrons. The van der Waals surface area contributed by atoms with Crippen LogP contribution in [0.2, 0.25) is 10.0 Å². The first-order valence-electron chi connectivity index (χ1n) is 9.70. The number of carbonyl (C=O) groups excluding carboxylic acids is 1. The maximum absolute atomic E-state index is 12.5. The Labute approximate surface area is 172 Å². The van der Waals surface area contributed by atoms with Crippen LogP contribution in [0.1, 0.15) is 58.9 Å². The summed E-state index contributed by atoms with van der Waals surface area (Å²) in [7, 11) is 0. The highest BCUT2D eigenvalue weighted by molar-refractivity contribution is 6.42. The van der Waals surface area contributed by atoms with E-state index in [2.05, 4.69) is 19.1 Å². The Bertz CT molecular complexity index is 753. The van der Waals surface area contributed by atoms with Crippen molar-refractivity contribution < 1.29 is 9.53 Å². The molecule has 148 valence electrons. The zero-order chi connectivity index (χ0) is 19.8. The first-order chi connectivity index (χ1) is 12.6. The predicted octanol–water partition coefficient (Wildman–Crippen LogP) is 6.62. The Morgan fingerprint density at radius 3 is 2.59 bits per heavy atom. The van der Waals surface area contributed by atoms with Gasteiger partial charge >= 0.3 is 6.09 Å². The van der Waals surface area contributed by atoms with Crippen LogP contribution in [-0.2, 0) is 10.2 Å². The second-order valence-corrected chi connectivity index (χ2v) is 9.77. The normalized spacial score (nSPS) is 26.1. The fourth-order valence-corrected chi connectivity index (χ4v) is 4.66. The molecule has 1 aliphatic carbocycles. The maximum Gasteiger partial charge on any atom is 0.410 e. The minimum Gasteiger partial charge on any atom is -0.444 e. The summed E-state index contributed by atoms with van der Waals surface area (Å²) in [6, 6.07) is 6.03. The van der Waals surface area contributed by atoms with Gasteiger partial charge in [-0.25, -0.2) is 4.79 Å². The summed E-state index contributed by atoms with van der Waals surface area (Å²) in [5.74, 6) is 0.381. The third-order valence-corrected chi connectivity index (χ3v) is 6.64. The van der Waals surface area contributed by atoms with E-state index in [9.17, 15) is 4.79 Å². The summed E-state index contributed by atoms with van der Waals surface area (Å²) < 4.78 is 5.58. The van der Waals surface area contributed by atoms with Crippen molar-refractivity contribution in [2.24, 2.45) is 5.92 Å². The number of allylic oxidation sites excluding steroid dienone is 2. The van der Waals surface area contributed by atoms with Crippen molar-refractivity contribution in [3.8, 4) is 0 Å². The van der Waals surface area contributed by atoms with E-state index in [-0.39, 0.29) is 11.5 Å². The number of likely N-dealkylation sites (tertiary alicyclic amines) is 1. The fraction of sp³-hybridized carbons (Fsp3) is 0.591. The van der Waals surface area contributed by atoms with E-state index in [1.807, 2.05) is 37.8 Å². The SMILES string of the molecule is CC1=CCC(c2ccc(Cl)c(Cl)c2)(C2CCN(C(=O)OC(C)(C)C)C2)CC1. The topological polar surface area (TPSA) is 29.5 Å². The van der Waals surface area contributed by atoms with Gasteiger partial charge in [0.15, 0.2) is 0 Å². The Kier molecular flexibility index (Phi) is 5.84. The van der Waals surface area contributed by atoms with Crippen LogP contribution in [0.15, 0.2) is 29.8 Å². The van der Waals surface area contributed by atoms with E-state index >= 15 is 0 Å². The molecule has 1 amide bonds. The summed E-state index contributed by atoms with van der Waals surface area (Å²) in [5.41, 5.74) is 2.19. The fourth-order valence-electron chi connectivity index (χ4n) is 4.36. The van der Waals surface area contributed by atoms with Crippen LogP contribution in [0.5, 0.6) is 0 Å². The van der Waals surface area contributed by atoms with Crippen LogP contribution in [0, 0.1) is 5.92 Å². The largest absolute Gasteiger partial charge is 0.444 e. The predicted molar refractivity (Wildman–Crippen MR) is 112 cm³/mol. The van der Waals surface area contributed by atoms with Gasteiger partial charge in [-0.3, -0.25) is 0 Å². The molecular formula is C22H29Cl2NO2. The third-order valence-electron chi connectivity index (χ3n) is 5.90. The van der Waals surface area contributed by atoms with Gasteiger partial charge in [0.05, 0.1) is 10.0 Å². The van der Waals surface area contributed by atoms with Crippen LogP contribution in [0.3, 0.4) is 0 Å². The second-order valence-electron chi connectivity index (χ2n) is 8.95. The van der Waals surface area contributed by atoms with Gasteiger partial charge in [-0.1, -0.05) is 40.9 Å². The van der Waals surface area contributed by atoms with E-state index < -0.39 is 5.60 Å². The lowest BCUT2D eigenvalue weighted by atomic mass is 9.62. The highest BCUT2D eigenvalue weighted by atomic mass is 35.5. The van der Waals surface area contributed by atoms with Gasteiger partial charge in [0.2, 0.25) is 0 Å². The smallest absolute Gasteiger partial charge is 0.410 e. The highest BCUT2D eigenvalue weighted by Gasteiger charge is 2.45. The number of rotatable bonds is 2. The molecule has 1 saturated heterocycles. The lowest BCUT2D eigenvalue weighted by Crippen LogP contribution is -2.40. The number of amides is 1. The molecule has 0 aromatic heterocycles. The van der Waals surface area contributed by atoms with Crippen molar-refractivity contribution in [3.05, 3.63) is 45.5 Å². The van der Waals surface area contributed by atoms with Gasteiger partial charge in [-0.15, -0.1) is 0 Å². The molecule has 3 rings (SSSR count). The zero-order valence-electron chi connectivity index (χ0n) is 16.6. The molecule has 1 aliphatic heterocycles. The number of hydrogen-bond acceptors (Lipinski definition) is 2. The Morgan fingerprint density at radius 2 is 2.00 bits per heavy atom. The number of benzene rings is 1. The molecule has 0 spiro atoms. The molecule has 1 fully saturated rings. The van der Waals surface area contributed by atoms with Crippen LogP contribution in [0.4, 0.5) is 4.79 Å². The molecule has 2 unspecified atom stereocenters. The molecule has 0 saturated carbocycles. The van der Waals surface area contributed by atoms with Crippen LogP contribution in [0.25, 0.3) is 0 Å². The minimum absolute atomic E-state index is 0.00942. The van der Waals surface area contributed by atoms with Crippen molar-refractivity contribution in [1.82, 2.24) is 4.90 Å². The molecular weight excluding hydrogens is 381 g/mol. The Balaban J connectivity index is 1.87. The van der Waals surface area contributed by atoms with Gasteiger partial charge < -0.3 is 9.64 Å². The number of halogens is 2. The average Bonchev–Trinajstić information content (AvgIpc) is 3.08. The van der Waals surface area contributed by atoms with E-state index in [4.69, 9.17) is 27.9 Å². The van der Waals surface area contributed by atoms with Crippen LogP contribution in [-0.4, -0.2) is 29.7 Å². The molecule has 27 heavy (non-hydrogen) atoms. The van der Waals surface area contributed by atoms with Crippen molar-refractivity contribution in [2.45, 2.75) is 64.4 Å². The highest BCUT2D eigenvalue weighted by Crippen LogP contribution is 2.48. The first-order valence-corrected chi connectivity index (χ1v) is 10.5. The summed E-state index contributed by atoms with van der Waals surface area (Å²) in [6.07, 6.45) is 6.23. The van der Waals surface area contributed by atoms with Gasteiger partial charge in [-0.2, -0.15) is 0 Å². The van der Waals surface area contributed by atoms with Gasteiger partial charge in [0.1, 0.15) is 5.60 Å². The molecule has 3 nitrogen and oxygen atoms in total. The van der Waals surface area contributed by atoms with E-state index in [0.29, 0.717) is 16.0 Å². The number of nitrogens with zero attached hydrogens (tertiary/aromatic N) is 1. The quantitative estimate of drug-likeness (QED) is 0.513. The average molecular weight is 410 g/mol. The monoisotopic (exact) mass is 409 g/mol. The minimum atomic E-state index is -0.471. The second kappa shape index (κ2) is 7.67. The number of ether oxygens (including phenoxy) is 1. The molecule has 0 N–H and O–H groups in total. The van der Waals surface area contributed by atoms with Crippen molar-refractivity contribution in [3.63, 3.8) is 0 Å². The third kappa shape index (κ3) is 4.46. The summed E-state index contributed by atoms with van der Waals surface area (Å²) >= 11 is 12.5. The van der Waals surface area contributed by atoms with Crippen LogP contribution >= 0.6 is 23.2 Å². The van der Waals surface area contributed by atoms with Crippen molar-refractivity contribution in [1.29, 1.82) is 0 Å². The zero-order valence-corrected chi connectivity index (χ0v) is 18.2. The lowest BCUT2D eigenvalue weighted by molar-refractivity contribution is 0.0279. The molecule has 0 bridgehead atoms. The van der Waals surface area contributed by atoms with Crippen molar-refractivity contribution >= 4 is 29.3 Å². The molecule has 1 heterocycles. The first kappa shape index (κ1) is 20.5. The summed E-state index contributed by atoms with van der Waals surface area (Å²) in [4.78, 5) is 14.4. The number of hydrogen-bond donors (Lipinski definition) is 0. The lowest BCUT2D eigenvalue weighted by Gasteiger charge is -2.42. The summed E-state index contributed by atoms with van der Waals surface area (Å²) in [6.45, 7) is 9.38. The van der Waals surface area contributed by atoms with E-state index in [1.165, 1.54) is 11.1 Å². The van der Waals surface area contributed by atoms with Crippen molar-refractivity contribution in [2.75, 3.05) is 13.1 Å². The van der Waals surface area contributed by atoms with Gasteiger partial charge in [0, 0.05) is 18.5 Å².